The van der Waals surface area contributed by atoms with Crippen molar-refractivity contribution in [1.29, 1.82) is 0 Å². The van der Waals surface area contributed by atoms with E-state index in [1.807, 2.05) is 0 Å². The molecule has 0 saturated heterocycles. The van der Waals surface area contributed by atoms with Crippen LogP contribution in [0.25, 0.3) is 0 Å². The minimum absolute atomic E-state index is 0.0703. The highest BCUT2D eigenvalue weighted by Gasteiger charge is 2.17. The van der Waals surface area contributed by atoms with Gasteiger partial charge in [-0.25, -0.2) is 8.42 Å². The van der Waals surface area contributed by atoms with Crippen LogP contribution >= 0.6 is 0 Å². The minimum atomic E-state index is -3.78. The summed E-state index contributed by atoms with van der Waals surface area (Å²) in [6.45, 7) is 1.63. The van der Waals surface area contributed by atoms with Crippen molar-refractivity contribution in [1.82, 2.24) is 0 Å². The Morgan fingerprint density at radius 1 is 1.47 bits per heavy atom. The van der Waals surface area contributed by atoms with E-state index in [0.29, 0.717) is 5.56 Å². The molecule has 94 valence electrons. The van der Waals surface area contributed by atoms with Gasteiger partial charge in [0.15, 0.2) is 5.75 Å². The van der Waals surface area contributed by atoms with Gasteiger partial charge in [0, 0.05) is 5.69 Å². The molecule has 0 bridgehead atoms. The number of sulfonamides is 1. The summed E-state index contributed by atoms with van der Waals surface area (Å²) < 4.78 is 29.5. The van der Waals surface area contributed by atoms with Gasteiger partial charge in [-0.15, -0.1) is 0 Å². The number of hydrogen-bond donors (Lipinski definition) is 2. The van der Waals surface area contributed by atoms with E-state index in [9.17, 15) is 18.3 Å². The first-order valence-corrected chi connectivity index (χ1v) is 6.36. The van der Waals surface area contributed by atoms with Crippen LogP contribution in [0.5, 0.6) is 5.75 Å². The van der Waals surface area contributed by atoms with E-state index in [1.54, 1.807) is 6.92 Å². The van der Waals surface area contributed by atoms with Gasteiger partial charge in [-0.2, -0.15) is 0 Å². The van der Waals surface area contributed by atoms with Gasteiger partial charge in [0.2, 0.25) is 10.0 Å². The number of carbonyl (C=O) groups excluding carboxylic acids is 1. The van der Waals surface area contributed by atoms with Crippen molar-refractivity contribution in [3.63, 3.8) is 0 Å². The van der Waals surface area contributed by atoms with E-state index in [-0.39, 0.29) is 11.4 Å². The van der Waals surface area contributed by atoms with Crippen LogP contribution in [0.4, 0.5) is 5.69 Å². The van der Waals surface area contributed by atoms with E-state index in [1.165, 1.54) is 18.2 Å². The van der Waals surface area contributed by atoms with Gasteiger partial charge in [0.25, 0.3) is 0 Å². The van der Waals surface area contributed by atoms with Crippen molar-refractivity contribution in [3.8, 4) is 5.75 Å². The summed E-state index contributed by atoms with van der Waals surface area (Å²) in [5, 5.41) is 9.27. The van der Waals surface area contributed by atoms with Crippen LogP contribution in [-0.2, 0) is 19.6 Å². The Morgan fingerprint density at radius 2 is 2.12 bits per heavy atom. The zero-order valence-corrected chi connectivity index (χ0v) is 10.2. The fourth-order valence-corrected chi connectivity index (χ4v) is 2.14. The summed E-state index contributed by atoms with van der Waals surface area (Å²) >= 11 is 0. The standard InChI is InChI=1S/C10H13NO5S/c1-7-5-8(3-4-9(7)12)11-17(14,15)6-10(13)16-2/h3-5,11-12H,6H2,1-2H3. The number of phenols is 1. The topological polar surface area (TPSA) is 92.7 Å². The molecule has 6 nitrogen and oxygen atoms in total. The van der Waals surface area contributed by atoms with Crippen molar-refractivity contribution in [3.05, 3.63) is 23.8 Å². The molecule has 0 saturated carbocycles. The summed E-state index contributed by atoms with van der Waals surface area (Å²) in [4.78, 5) is 10.9. The molecular weight excluding hydrogens is 246 g/mol. The predicted molar refractivity (Wildman–Crippen MR) is 62.3 cm³/mol. The van der Waals surface area contributed by atoms with Gasteiger partial charge in [0.05, 0.1) is 7.11 Å². The van der Waals surface area contributed by atoms with Gasteiger partial charge in [0.1, 0.15) is 5.75 Å². The zero-order valence-electron chi connectivity index (χ0n) is 9.43. The Balaban J connectivity index is 2.83. The number of nitrogens with one attached hydrogen (secondary N) is 1. The maximum Gasteiger partial charge on any atom is 0.322 e. The molecule has 0 fully saturated rings. The molecule has 0 atom stereocenters. The third-order valence-corrected chi connectivity index (χ3v) is 3.17. The highest BCUT2D eigenvalue weighted by atomic mass is 32.2. The maximum atomic E-state index is 11.5. The molecule has 17 heavy (non-hydrogen) atoms. The molecule has 0 aromatic heterocycles. The number of anilines is 1. The molecule has 1 aromatic rings. The first kappa shape index (κ1) is 13.3. The summed E-state index contributed by atoms with van der Waals surface area (Å²) in [6.07, 6.45) is 0. The molecule has 1 aromatic carbocycles. The largest absolute Gasteiger partial charge is 0.508 e. The zero-order chi connectivity index (χ0) is 13.1. The Kier molecular flexibility index (Phi) is 3.95. The van der Waals surface area contributed by atoms with Crippen LogP contribution in [-0.4, -0.2) is 32.4 Å². The van der Waals surface area contributed by atoms with E-state index in [4.69, 9.17) is 0 Å². The van der Waals surface area contributed by atoms with Crippen molar-refractivity contribution in [2.75, 3.05) is 17.6 Å². The van der Waals surface area contributed by atoms with Gasteiger partial charge in [-0.1, -0.05) is 0 Å². The molecule has 0 spiro atoms. The Hall–Kier alpha value is -1.76. The number of benzene rings is 1. The first-order valence-electron chi connectivity index (χ1n) is 4.71. The Morgan fingerprint density at radius 3 is 2.65 bits per heavy atom. The number of aryl methyl sites for hydroxylation is 1. The molecule has 0 aliphatic rings. The average Bonchev–Trinajstić information content (AvgIpc) is 2.22. The lowest BCUT2D eigenvalue weighted by molar-refractivity contribution is -0.137. The molecule has 0 aliphatic carbocycles. The quantitative estimate of drug-likeness (QED) is 0.610. The van der Waals surface area contributed by atoms with Crippen molar-refractivity contribution in [2.45, 2.75) is 6.92 Å². The number of hydrogen-bond acceptors (Lipinski definition) is 5. The lowest BCUT2D eigenvalue weighted by Crippen LogP contribution is -2.23. The number of rotatable bonds is 4. The second-order valence-electron chi connectivity index (χ2n) is 3.44. The number of phenolic OH excluding ortho intramolecular Hbond substituents is 1. The van der Waals surface area contributed by atoms with Crippen LogP contribution in [0.2, 0.25) is 0 Å². The minimum Gasteiger partial charge on any atom is -0.508 e. The van der Waals surface area contributed by atoms with Gasteiger partial charge in [-0.05, 0) is 30.7 Å². The monoisotopic (exact) mass is 259 g/mol. The van der Waals surface area contributed by atoms with E-state index in [2.05, 4.69) is 9.46 Å². The normalized spacial score (nSPS) is 10.9. The molecular formula is C10H13NO5S. The Bertz CT molecular complexity index is 523. The number of methoxy groups -OCH3 is 1. The van der Waals surface area contributed by atoms with Crippen LogP contribution in [0.15, 0.2) is 18.2 Å². The molecule has 0 radical (unpaired) electrons. The summed E-state index contributed by atoms with van der Waals surface area (Å²) in [7, 11) is -2.67. The highest BCUT2D eigenvalue weighted by molar-refractivity contribution is 7.93. The molecule has 0 amide bonds. The highest BCUT2D eigenvalue weighted by Crippen LogP contribution is 2.20. The SMILES string of the molecule is COC(=O)CS(=O)(=O)Nc1ccc(O)c(C)c1. The third kappa shape index (κ3) is 3.95. The summed E-state index contributed by atoms with van der Waals surface area (Å²) in [5.41, 5.74) is 0.812. The molecule has 0 aliphatic heterocycles. The van der Waals surface area contributed by atoms with Crippen molar-refractivity contribution >= 4 is 21.7 Å². The summed E-state index contributed by atoms with van der Waals surface area (Å²) in [6, 6.07) is 4.23. The van der Waals surface area contributed by atoms with E-state index in [0.717, 1.165) is 7.11 Å². The second kappa shape index (κ2) is 5.05. The fourth-order valence-electron chi connectivity index (χ4n) is 1.15. The van der Waals surface area contributed by atoms with Crippen LogP contribution in [0.1, 0.15) is 5.56 Å². The van der Waals surface area contributed by atoms with Crippen molar-refractivity contribution in [2.24, 2.45) is 0 Å². The van der Waals surface area contributed by atoms with Gasteiger partial charge >= 0.3 is 5.97 Å². The van der Waals surface area contributed by atoms with E-state index < -0.39 is 21.7 Å². The molecule has 0 heterocycles. The average molecular weight is 259 g/mol. The predicted octanol–water partition coefficient (Wildman–Crippen LogP) is 0.615. The lowest BCUT2D eigenvalue weighted by atomic mass is 10.2. The molecule has 1 rings (SSSR count). The van der Waals surface area contributed by atoms with E-state index >= 15 is 0 Å². The molecule has 7 heteroatoms. The summed E-state index contributed by atoms with van der Waals surface area (Å²) in [5.74, 6) is -1.52. The second-order valence-corrected chi connectivity index (χ2v) is 5.16. The molecule has 2 N–H and O–H groups in total. The van der Waals surface area contributed by atoms with Crippen LogP contribution in [0, 0.1) is 6.92 Å². The van der Waals surface area contributed by atoms with Crippen LogP contribution < -0.4 is 4.72 Å². The number of carbonyl (C=O) groups is 1. The number of esters is 1. The Labute approximate surface area is 99.3 Å². The van der Waals surface area contributed by atoms with Crippen molar-refractivity contribution < 1.29 is 23.1 Å². The number of aromatic hydroxyl groups is 1. The molecule has 0 unspecified atom stereocenters. The van der Waals surface area contributed by atoms with Crippen LogP contribution in [0.3, 0.4) is 0 Å². The van der Waals surface area contributed by atoms with Gasteiger partial charge in [-0.3, -0.25) is 9.52 Å². The number of ether oxygens (including phenoxy) is 1. The lowest BCUT2D eigenvalue weighted by Gasteiger charge is -2.08. The third-order valence-electron chi connectivity index (χ3n) is 2.01. The smallest absolute Gasteiger partial charge is 0.322 e. The first-order chi connectivity index (χ1) is 7.84. The fraction of sp³-hybridized carbons (Fsp3) is 0.300. The van der Waals surface area contributed by atoms with Gasteiger partial charge < -0.3 is 9.84 Å². The maximum absolute atomic E-state index is 11.5.